The van der Waals surface area contributed by atoms with E-state index in [1.165, 1.54) is 0 Å². The third kappa shape index (κ3) is 1.40. The largest absolute Gasteiger partial charge is 0.476 e. The van der Waals surface area contributed by atoms with Crippen molar-refractivity contribution in [2.75, 3.05) is 0 Å². The molecule has 0 aliphatic carbocycles. The minimum absolute atomic E-state index is 0.0345. The molecule has 0 fully saturated rings. The third-order valence-electron chi connectivity index (χ3n) is 2.53. The second kappa shape index (κ2) is 3.21. The number of H-pyrrole nitrogens is 2. The quantitative estimate of drug-likeness (QED) is 0.614. The topological polar surface area (TPSA) is 99.1 Å². The average Bonchev–Trinajstić information content (AvgIpc) is 2.88. The van der Waals surface area contributed by atoms with Gasteiger partial charge in [-0.2, -0.15) is 0 Å². The van der Waals surface area contributed by atoms with Crippen molar-refractivity contribution in [3.05, 3.63) is 30.0 Å². The van der Waals surface area contributed by atoms with Gasteiger partial charge in [-0.25, -0.2) is 14.8 Å². The average molecular weight is 231 g/mol. The van der Waals surface area contributed by atoms with Crippen molar-refractivity contribution < 1.29 is 9.90 Å². The lowest BCUT2D eigenvalue weighted by Gasteiger charge is -1.87. The Morgan fingerprint density at radius 2 is 2.29 bits per heavy atom. The fraction of sp³-hybridized carbons (Fsp3) is 0.100. The number of aromatic carboxylic acids is 1. The fourth-order valence-corrected chi connectivity index (χ4v) is 1.72. The summed E-state index contributed by atoms with van der Waals surface area (Å²) in [6.45, 7) is 1.67. The highest BCUT2D eigenvalue weighted by atomic mass is 16.4. The number of aryl methyl sites for hydroxylation is 1. The van der Waals surface area contributed by atoms with Gasteiger partial charge in [-0.3, -0.25) is 4.40 Å². The van der Waals surface area contributed by atoms with Gasteiger partial charge in [0, 0.05) is 24.3 Å². The number of hydrogen-bond acceptors (Lipinski definition) is 3. The van der Waals surface area contributed by atoms with Crippen LogP contribution in [-0.4, -0.2) is 35.4 Å². The third-order valence-corrected chi connectivity index (χ3v) is 2.53. The second-order valence-corrected chi connectivity index (χ2v) is 3.69. The monoisotopic (exact) mass is 231 g/mol. The van der Waals surface area contributed by atoms with Crippen LogP contribution in [0.1, 0.15) is 16.2 Å². The molecule has 0 saturated heterocycles. The number of nitrogens with one attached hydrogen (secondary N) is 2. The highest BCUT2D eigenvalue weighted by Crippen LogP contribution is 2.17. The normalized spacial score (nSPS) is 11.1. The van der Waals surface area contributed by atoms with Crippen LogP contribution in [0.25, 0.3) is 17.3 Å². The first-order valence-corrected chi connectivity index (χ1v) is 4.97. The van der Waals surface area contributed by atoms with E-state index in [1.807, 2.05) is 0 Å². The van der Waals surface area contributed by atoms with E-state index in [0.29, 0.717) is 23.0 Å². The van der Waals surface area contributed by atoms with Crippen molar-refractivity contribution >= 4 is 11.7 Å². The maximum absolute atomic E-state index is 10.9. The maximum Gasteiger partial charge on any atom is 0.356 e. The maximum atomic E-state index is 10.9. The summed E-state index contributed by atoms with van der Waals surface area (Å²) in [5.74, 6) is 0.137. The van der Waals surface area contributed by atoms with Gasteiger partial charge in [0.2, 0.25) is 5.78 Å². The lowest BCUT2D eigenvalue weighted by Crippen LogP contribution is -1.98. The summed E-state index contributed by atoms with van der Waals surface area (Å²) >= 11 is 0. The molecule has 0 radical (unpaired) electrons. The van der Waals surface area contributed by atoms with Gasteiger partial charge in [-0.15, -0.1) is 0 Å². The molecule has 3 N–H and O–H groups in total. The number of fused-ring (bicyclic) bond motifs is 1. The second-order valence-electron chi connectivity index (χ2n) is 3.69. The first-order chi connectivity index (χ1) is 8.15. The van der Waals surface area contributed by atoms with Crippen LogP contribution in [0, 0.1) is 6.92 Å². The molecule has 0 aromatic carbocycles. The molecule has 0 aliphatic heterocycles. The summed E-state index contributed by atoms with van der Waals surface area (Å²) in [4.78, 5) is 24.9. The van der Waals surface area contributed by atoms with Crippen LogP contribution in [0.3, 0.4) is 0 Å². The van der Waals surface area contributed by atoms with Crippen LogP contribution in [-0.2, 0) is 0 Å². The predicted molar refractivity (Wildman–Crippen MR) is 58.8 cm³/mol. The molecule has 3 rings (SSSR count). The SMILES string of the molecule is Cc1[nH]c(-c2cn3ccnc3[nH]2)nc1C(=O)O. The molecule has 0 bridgehead atoms. The van der Waals surface area contributed by atoms with E-state index in [2.05, 4.69) is 19.9 Å². The molecule has 0 aliphatic rings. The molecule has 7 heteroatoms. The molecule has 0 unspecified atom stereocenters. The molecule has 0 atom stereocenters. The number of carboxylic acid groups (broad SMARTS) is 1. The van der Waals surface area contributed by atoms with E-state index in [1.54, 1.807) is 29.9 Å². The lowest BCUT2D eigenvalue weighted by molar-refractivity contribution is 0.0690. The molecule has 0 saturated carbocycles. The van der Waals surface area contributed by atoms with Gasteiger partial charge in [0.05, 0.1) is 0 Å². The highest BCUT2D eigenvalue weighted by molar-refractivity contribution is 5.87. The van der Waals surface area contributed by atoms with Crippen LogP contribution >= 0.6 is 0 Å². The fourth-order valence-electron chi connectivity index (χ4n) is 1.72. The number of carboxylic acids is 1. The molecule has 7 nitrogen and oxygen atoms in total. The first-order valence-electron chi connectivity index (χ1n) is 4.97. The predicted octanol–water partition coefficient (Wildman–Crippen LogP) is 1.06. The summed E-state index contributed by atoms with van der Waals surface area (Å²) in [7, 11) is 0. The Bertz CT molecular complexity index is 677. The summed E-state index contributed by atoms with van der Waals surface area (Å²) < 4.78 is 1.80. The summed E-state index contributed by atoms with van der Waals surface area (Å²) in [6, 6.07) is 0. The van der Waals surface area contributed by atoms with Gasteiger partial charge in [-0.05, 0) is 6.92 Å². The Morgan fingerprint density at radius 3 is 2.94 bits per heavy atom. The van der Waals surface area contributed by atoms with Gasteiger partial charge in [0.25, 0.3) is 0 Å². The Balaban J connectivity index is 2.12. The zero-order valence-electron chi connectivity index (χ0n) is 8.93. The number of aromatic nitrogens is 5. The zero-order chi connectivity index (χ0) is 12.0. The lowest BCUT2D eigenvalue weighted by atomic mass is 10.4. The molecule has 3 heterocycles. The van der Waals surface area contributed by atoms with E-state index in [-0.39, 0.29) is 5.69 Å². The van der Waals surface area contributed by atoms with E-state index in [9.17, 15) is 4.79 Å². The molecule has 3 aromatic heterocycles. The zero-order valence-corrected chi connectivity index (χ0v) is 8.93. The van der Waals surface area contributed by atoms with Crippen LogP contribution < -0.4 is 0 Å². The molecular formula is C10H9N5O2. The van der Waals surface area contributed by atoms with Crippen LogP contribution in [0.15, 0.2) is 18.6 Å². The molecular weight excluding hydrogens is 222 g/mol. The van der Waals surface area contributed by atoms with Gasteiger partial charge in [0.1, 0.15) is 5.69 Å². The van der Waals surface area contributed by atoms with Gasteiger partial charge in [0.15, 0.2) is 11.5 Å². The van der Waals surface area contributed by atoms with Crippen molar-refractivity contribution in [2.24, 2.45) is 0 Å². The van der Waals surface area contributed by atoms with E-state index >= 15 is 0 Å². The van der Waals surface area contributed by atoms with Gasteiger partial charge in [-0.1, -0.05) is 0 Å². The van der Waals surface area contributed by atoms with E-state index < -0.39 is 5.97 Å². The Hall–Kier alpha value is -2.57. The van der Waals surface area contributed by atoms with Crippen LogP contribution in [0.4, 0.5) is 0 Å². The number of hydrogen-bond donors (Lipinski definition) is 3. The number of carbonyl (C=O) groups is 1. The molecule has 3 aromatic rings. The molecule has 86 valence electrons. The van der Waals surface area contributed by atoms with E-state index in [4.69, 9.17) is 5.11 Å². The van der Waals surface area contributed by atoms with Crippen LogP contribution in [0.5, 0.6) is 0 Å². The molecule has 17 heavy (non-hydrogen) atoms. The van der Waals surface area contributed by atoms with Crippen LogP contribution in [0.2, 0.25) is 0 Å². The summed E-state index contributed by atoms with van der Waals surface area (Å²) in [6.07, 6.45) is 5.27. The minimum Gasteiger partial charge on any atom is -0.476 e. The number of rotatable bonds is 2. The van der Waals surface area contributed by atoms with Crippen molar-refractivity contribution in [2.45, 2.75) is 6.92 Å². The van der Waals surface area contributed by atoms with Crippen molar-refractivity contribution in [3.8, 4) is 11.5 Å². The molecule has 0 amide bonds. The number of aromatic amines is 2. The summed E-state index contributed by atoms with van der Waals surface area (Å²) in [5.41, 5.74) is 1.26. The standard InChI is InChI=1S/C10H9N5O2/c1-5-7(9(16)17)14-8(12-5)6-4-15-3-2-11-10(15)13-6/h2-4H,1H3,(H,11,13)(H,12,14)(H,16,17). The van der Waals surface area contributed by atoms with Gasteiger partial charge >= 0.3 is 5.97 Å². The van der Waals surface area contributed by atoms with Gasteiger partial charge < -0.3 is 15.1 Å². The number of imidazole rings is 3. The Morgan fingerprint density at radius 1 is 1.47 bits per heavy atom. The summed E-state index contributed by atoms with van der Waals surface area (Å²) in [5, 5.41) is 8.92. The van der Waals surface area contributed by atoms with E-state index in [0.717, 1.165) is 0 Å². The van der Waals surface area contributed by atoms with Crippen molar-refractivity contribution in [3.63, 3.8) is 0 Å². The first kappa shape index (κ1) is 9.64. The molecule has 0 spiro atoms. The smallest absolute Gasteiger partial charge is 0.356 e. The highest BCUT2D eigenvalue weighted by Gasteiger charge is 2.15. The number of nitrogens with zero attached hydrogens (tertiary/aromatic N) is 3. The minimum atomic E-state index is -1.04. The Kier molecular flexibility index (Phi) is 1.82. The van der Waals surface area contributed by atoms with Crippen molar-refractivity contribution in [1.82, 2.24) is 24.3 Å². The van der Waals surface area contributed by atoms with Crippen molar-refractivity contribution in [1.29, 1.82) is 0 Å². The Labute approximate surface area is 95.1 Å².